The van der Waals surface area contributed by atoms with Crippen LogP contribution in [0.15, 0.2) is 12.3 Å². The molecular weight excluding hydrogens is 284 g/mol. The highest BCUT2D eigenvalue weighted by Crippen LogP contribution is 2.31. The predicted octanol–water partition coefficient (Wildman–Crippen LogP) is 4.77. The molecule has 0 aromatic carbocycles. The molecule has 0 bridgehead atoms. The highest BCUT2D eigenvalue weighted by atomic mass is 35.5. The number of hydrogen-bond acceptors (Lipinski definition) is 2. The smallest absolute Gasteiger partial charge is 0.238 e. The minimum atomic E-state index is 0. The Morgan fingerprint density at radius 2 is 1.81 bits per heavy atom. The van der Waals surface area contributed by atoms with Gasteiger partial charge in [-0.2, -0.15) is 0 Å². The van der Waals surface area contributed by atoms with Crippen molar-refractivity contribution >= 4 is 23.3 Å². The van der Waals surface area contributed by atoms with E-state index in [1.807, 2.05) is 6.20 Å². The lowest BCUT2D eigenvalue weighted by atomic mass is 10.2. The normalized spacial score (nSPS) is 11.2. The van der Waals surface area contributed by atoms with Gasteiger partial charge in [-0.1, -0.05) is 27.7 Å². The van der Waals surface area contributed by atoms with E-state index >= 15 is 0 Å². The van der Waals surface area contributed by atoms with E-state index in [9.17, 15) is 0 Å². The number of aryl methyl sites for hydroxylation is 1. The molecule has 0 amide bonds. The van der Waals surface area contributed by atoms with E-state index in [-0.39, 0.29) is 12.4 Å². The molecule has 2 heterocycles. The zero-order valence-electron chi connectivity index (χ0n) is 13.9. The quantitative estimate of drug-likeness (QED) is 0.795. The molecule has 2 aromatic rings. The maximum Gasteiger partial charge on any atom is 0.238 e. The third kappa shape index (κ3) is 3.70. The number of aromatic nitrogens is 2. The molecule has 4 heteroatoms. The van der Waals surface area contributed by atoms with Crippen LogP contribution in [0.3, 0.4) is 0 Å². The van der Waals surface area contributed by atoms with Crippen molar-refractivity contribution in [2.75, 3.05) is 6.61 Å². The van der Waals surface area contributed by atoms with E-state index in [2.05, 4.69) is 57.2 Å². The lowest BCUT2D eigenvalue weighted by Crippen LogP contribution is -2.10. The molecule has 3 nitrogen and oxygen atoms in total. The molecule has 0 saturated carbocycles. The Hall–Kier alpha value is -1.22. The highest BCUT2D eigenvalue weighted by Gasteiger charge is 2.17. The Bertz CT molecular complexity index is 602. The van der Waals surface area contributed by atoms with Crippen molar-refractivity contribution in [2.24, 2.45) is 11.8 Å². The Morgan fingerprint density at radius 1 is 1.14 bits per heavy atom. The summed E-state index contributed by atoms with van der Waals surface area (Å²) in [6, 6.07) is 2.09. The van der Waals surface area contributed by atoms with Gasteiger partial charge in [0.2, 0.25) is 5.88 Å². The maximum atomic E-state index is 5.94. The average molecular weight is 311 g/mol. The van der Waals surface area contributed by atoms with E-state index in [0.29, 0.717) is 18.4 Å². The van der Waals surface area contributed by atoms with Gasteiger partial charge in [0.15, 0.2) is 0 Å². The van der Waals surface area contributed by atoms with Gasteiger partial charge in [-0.15, -0.1) is 12.4 Å². The van der Waals surface area contributed by atoms with Gasteiger partial charge in [0.25, 0.3) is 0 Å². The van der Waals surface area contributed by atoms with Gasteiger partial charge in [-0.25, -0.2) is 4.98 Å². The Labute approximate surface area is 134 Å². The Balaban J connectivity index is 0.00000220. The fraction of sp³-hybridized carbons (Fsp3) is 0.588. The fourth-order valence-electron chi connectivity index (χ4n) is 2.51. The molecule has 0 aliphatic heterocycles. The van der Waals surface area contributed by atoms with E-state index in [4.69, 9.17) is 4.74 Å². The molecule has 0 aliphatic carbocycles. The van der Waals surface area contributed by atoms with E-state index in [1.165, 1.54) is 16.6 Å². The summed E-state index contributed by atoms with van der Waals surface area (Å²) in [5.41, 5.74) is 3.80. The Morgan fingerprint density at radius 3 is 2.38 bits per heavy atom. The first-order valence-corrected chi connectivity index (χ1v) is 7.49. The number of hydrogen-bond donors (Lipinski definition) is 0. The van der Waals surface area contributed by atoms with Crippen LogP contribution in [0.2, 0.25) is 0 Å². The van der Waals surface area contributed by atoms with Gasteiger partial charge in [0, 0.05) is 23.8 Å². The summed E-state index contributed by atoms with van der Waals surface area (Å²) in [7, 11) is 0. The number of ether oxygens (including phenoxy) is 1. The second-order valence-corrected chi connectivity index (χ2v) is 6.43. The van der Waals surface area contributed by atoms with Crippen LogP contribution < -0.4 is 4.74 Å². The molecule has 0 saturated heterocycles. The number of nitrogens with zero attached hydrogens (tertiary/aromatic N) is 2. The topological polar surface area (TPSA) is 27.1 Å². The van der Waals surface area contributed by atoms with Crippen molar-refractivity contribution in [1.82, 2.24) is 9.55 Å². The Kier molecular flexibility index (Phi) is 6.09. The first-order valence-electron chi connectivity index (χ1n) is 7.49. The monoisotopic (exact) mass is 310 g/mol. The second-order valence-electron chi connectivity index (χ2n) is 6.43. The molecule has 0 N–H and O–H groups in total. The largest absolute Gasteiger partial charge is 0.476 e. The van der Waals surface area contributed by atoms with Crippen LogP contribution in [0, 0.1) is 25.7 Å². The molecule has 0 atom stereocenters. The maximum absolute atomic E-state index is 5.94. The fourth-order valence-corrected chi connectivity index (χ4v) is 2.51. The van der Waals surface area contributed by atoms with Crippen LogP contribution in [0.4, 0.5) is 0 Å². The summed E-state index contributed by atoms with van der Waals surface area (Å²) in [6.45, 7) is 14.9. The lowest BCUT2D eigenvalue weighted by Gasteiger charge is -2.14. The molecule has 0 aliphatic rings. The van der Waals surface area contributed by atoms with Gasteiger partial charge in [0.05, 0.1) is 6.61 Å². The second kappa shape index (κ2) is 7.17. The van der Waals surface area contributed by atoms with Crippen LogP contribution >= 0.6 is 12.4 Å². The van der Waals surface area contributed by atoms with Crippen molar-refractivity contribution in [2.45, 2.75) is 48.1 Å². The van der Waals surface area contributed by atoms with Crippen LogP contribution in [0.1, 0.15) is 39.0 Å². The van der Waals surface area contributed by atoms with Crippen molar-refractivity contribution in [3.63, 3.8) is 0 Å². The molecule has 0 spiro atoms. The third-order valence-electron chi connectivity index (χ3n) is 3.61. The van der Waals surface area contributed by atoms with E-state index in [0.717, 1.165) is 17.9 Å². The zero-order valence-corrected chi connectivity index (χ0v) is 14.8. The van der Waals surface area contributed by atoms with Crippen molar-refractivity contribution in [3.8, 4) is 5.88 Å². The van der Waals surface area contributed by atoms with E-state index < -0.39 is 0 Å². The molecule has 118 valence electrons. The number of pyridine rings is 1. The van der Waals surface area contributed by atoms with E-state index in [1.54, 1.807) is 0 Å². The first-order chi connectivity index (χ1) is 9.41. The molecule has 0 radical (unpaired) electrons. The van der Waals surface area contributed by atoms with Gasteiger partial charge in [0.1, 0.15) is 5.52 Å². The summed E-state index contributed by atoms with van der Waals surface area (Å²) in [4.78, 5) is 4.46. The molecule has 21 heavy (non-hydrogen) atoms. The number of rotatable bonds is 5. The van der Waals surface area contributed by atoms with Crippen LogP contribution in [-0.2, 0) is 6.54 Å². The van der Waals surface area contributed by atoms with Gasteiger partial charge >= 0.3 is 0 Å². The first kappa shape index (κ1) is 17.8. The SMILES string of the molecule is Cc1c(C)n(CC(C)C)c2c(OCC(C)C)nccc12.Cl. The summed E-state index contributed by atoms with van der Waals surface area (Å²) < 4.78 is 8.30. The van der Waals surface area contributed by atoms with Crippen LogP contribution in [0.5, 0.6) is 5.88 Å². The predicted molar refractivity (Wildman–Crippen MR) is 91.6 cm³/mol. The summed E-state index contributed by atoms with van der Waals surface area (Å²) in [5, 5.41) is 1.26. The lowest BCUT2D eigenvalue weighted by molar-refractivity contribution is 0.263. The van der Waals surface area contributed by atoms with Gasteiger partial charge < -0.3 is 9.30 Å². The summed E-state index contributed by atoms with van der Waals surface area (Å²) >= 11 is 0. The minimum absolute atomic E-state index is 0. The minimum Gasteiger partial charge on any atom is -0.476 e. The van der Waals surface area contributed by atoms with Gasteiger partial charge in [-0.3, -0.25) is 0 Å². The van der Waals surface area contributed by atoms with Crippen LogP contribution in [0.25, 0.3) is 10.9 Å². The number of halogens is 1. The zero-order chi connectivity index (χ0) is 14.9. The third-order valence-corrected chi connectivity index (χ3v) is 3.61. The molecule has 0 unspecified atom stereocenters. The highest BCUT2D eigenvalue weighted by molar-refractivity contribution is 5.88. The van der Waals surface area contributed by atoms with Crippen molar-refractivity contribution < 1.29 is 4.74 Å². The average Bonchev–Trinajstić information content (AvgIpc) is 2.62. The van der Waals surface area contributed by atoms with Gasteiger partial charge in [-0.05, 0) is 37.3 Å². The molecular formula is C17H27ClN2O. The van der Waals surface area contributed by atoms with Crippen molar-refractivity contribution in [3.05, 3.63) is 23.5 Å². The molecule has 0 fully saturated rings. The number of fused-ring (bicyclic) bond motifs is 1. The molecule has 2 rings (SSSR count). The van der Waals surface area contributed by atoms with Crippen LogP contribution in [-0.4, -0.2) is 16.2 Å². The summed E-state index contributed by atoms with van der Waals surface area (Å²) in [6.07, 6.45) is 1.85. The molecule has 2 aromatic heterocycles. The van der Waals surface area contributed by atoms with Crippen molar-refractivity contribution in [1.29, 1.82) is 0 Å². The summed E-state index contributed by atoms with van der Waals surface area (Å²) in [5.74, 6) is 1.87. The standard InChI is InChI=1S/C17H26N2O.ClH/c1-11(2)9-19-14(6)13(5)15-7-8-18-17(16(15)19)20-10-12(3)4;/h7-8,11-12H,9-10H2,1-6H3;1H.